The maximum absolute atomic E-state index is 6.26. The molecule has 1 aliphatic carbocycles. The summed E-state index contributed by atoms with van der Waals surface area (Å²) in [6.45, 7) is 0. The van der Waals surface area contributed by atoms with Gasteiger partial charge >= 0.3 is 0 Å². The van der Waals surface area contributed by atoms with E-state index in [1.54, 1.807) is 7.11 Å². The van der Waals surface area contributed by atoms with Gasteiger partial charge in [-0.2, -0.15) is 0 Å². The van der Waals surface area contributed by atoms with Crippen molar-refractivity contribution in [2.24, 2.45) is 11.7 Å². The molecular weight excluding hydrogens is 230 g/mol. The molecule has 17 heavy (non-hydrogen) atoms. The number of nitrogens with two attached hydrogens (primary N) is 1. The molecule has 1 unspecified atom stereocenters. The fourth-order valence-corrected chi connectivity index (χ4v) is 3.56. The van der Waals surface area contributed by atoms with Crippen LogP contribution in [0.2, 0.25) is 0 Å². The van der Waals surface area contributed by atoms with E-state index < -0.39 is 0 Å². The summed E-state index contributed by atoms with van der Waals surface area (Å²) in [6, 6.07) is 8.48. The Labute approximate surface area is 108 Å². The Balaban J connectivity index is 1.88. The van der Waals surface area contributed by atoms with E-state index in [9.17, 15) is 0 Å². The number of para-hydroxylation sites is 1. The molecular formula is C14H21NOS. The van der Waals surface area contributed by atoms with E-state index >= 15 is 0 Å². The highest BCUT2D eigenvalue weighted by Crippen LogP contribution is 2.32. The molecule has 94 valence electrons. The number of methoxy groups -OCH3 is 1. The summed E-state index contributed by atoms with van der Waals surface area (Å²) in [7, 11) is 1.72. The first-order chi connectivity index (χ1) is 8.31. The third-order valence-electron chi connectivity index (χ3n) is 3.51. The van der Waals surface area contributed by atoms with Crippen molar-refractivity contribution < 1.29 is 4.74 Å². The highest BCUT2D eigenvalue weighted by molar-refractivity contribution is 7.99. The molecule has 2 rings (SSSR count). The molecule has 2 N–H and O–H groups in total. The molecule has 0 aliphatic heterocycles. The van der Waals surface area contributed by atoms with Crippen molar-refractivity contribution in [3.05, 3.63) is 24.3 Å². The second-order valence-electron chi connectivity index (χ2n) is 4.67. The smallest absolute Gasteiger partial charge is 0.132 e. The lowest BCUT2D eigenvalue weighted by Crippen LogP contribution is -2.30. The van der Waals surface area contributed by atoms with E-state index in [1.165, 1.54) is 30.6 Å². The maximum Gasteiger partial charge on any atom is 0.132 e. The van der Waals surface area contributed by atoms with Gasteiger partial charge in [-0.05, 0) is 30.9 Å². The van der Waals surface area contributed by atoms with Crippen LogP contribution in [0, 0.1) is 5.92 Å². The highest BCUT2D eigenvalue weighted by Gasteiger charge is 2.22. The van der Waals surface area contributed by atoms with E-state index in [0.717, 1.165) is 17.4 Å². The molecule has 0 saturated heterocycles. The van der Waals surface area contributed by atoms with Crippen LogP contribution in [0.1, 0.15) is 25.7 Å². The molecule has 0 radical (unpaired) electrons. The van der Waals surface area contributed by atoms with Crippen LogP contribution in [0.5, 0.6) is 5.75 Å². The second kappa shape index (κ2) is 6.31. The summed E-state index contributed by atoms with van der Waals surface area (Å²) >= 11 is 1.82. The average Bonchev–Trinajstić information content (AvgIpc) is 2.90. The van der Waals surface area contributed by atoms with Gasteiger partial charge in [-0.25, -0.2) is 0 Å². The second-order valence-corrected chi connectivity index (χ2v) is 5.73. The number of thioether (sulfide) groups is 1. The number of ether oxygens (including phenoxy) is 1. The van der Waals surface area contributed by atoms with Gasteiger partial charge < -0.3 is 10.5 Å². The molecule has 2 nitrogen and oxygen atoms in total. The Morgan fingerprint density at radius 1 is 1.35 bits per heavy atom. The van der Waals surface area contributed by atoms with Crippen molar-refractivity contribution in [3.8, 4) is 5.75 Å². The number of hydrogen-bond acceptors (Lipinski definition) is 3. The van der Waals surface area contributed by atoms with Crippen molar-refractivity contribution in [1.29, 1.82) is 0 Å². The van der Waals surface area contributed by atoms with Crippen LogP contribution in [0.15, 0.2) is 29.2 Å². The minimum absolute atomic E-state index is 0.326. The van der Waals surface area contributed by atoms with E-state index in [2.05, 4.69) is 6.07 Å². The number of hydrogen-bond donors (Lipinski definition) is 1. The van der Waals surface area contributed by atoms with E-state index in [1.807, 2.05) is 30.0 Å². The summed E-state index contributed by atoms with van der Waals surface area (Å²) in [5.41, 5.74) is 6.26. The van der Waals surface area contributed by atoms with Crippen LogP contribution in [0.4, 0.5) is 0 Å². The average molecular weight is 251 g/mol. The zero-order valence-corrected chi connectivity index (χ0v) is 11.2. The fraction of sp³-hybridized carbons (Fsp3) is 0.571. The minimum atomic E-state index is 0.326. The standard InChI is InChI=1S/C14H21NOS/c1-16-13-8-4-5-9-14(13)17-10-12(15)11-6-2-3-7-11/h4-5,8-9,11-12H,2-3,6-7,10,15H2,1H3. The van der Waals surface area contributed by atoms with Crippen LogP contribution in [0.25, 0.3) is 0 Å². The van der Waals surface area contributed by atoms with Crippen molar-refractivity contribution in [1.82, 2.24) is 0 Å². The van der Waals surface area contributed by atoms with Crippen LogP contribution < -0.4 is 10.5 Å². The van der Waals surface area contributed by atoms with Crippen LogP contribution in [-0.2, 0) is 0 Å². The third kappa shape index (κ3) is 3.39. The summed E-state index contributed by atoms with van der Waals surface area (Å²) in [4.78, 5) is 1.20. The predicted octanol–water partition coefficient (Wildman–Crippen LogP) is 3.30. The zero-order chi connectivity index (χ0) is 12.1. The molecule has 0 spiro atoms. The molecule has 3 heteroatoms. The largest absolute Gasteiger partial charge is 0.496 e. The lowest BCUT2D eigenvalue weighted by Gasteiger charge is -2.18. The first kappa shape index (κ1) is 12.8. The summed E-state index contributed by atoms with van der Waals surface area (Å²) in [6.07, 6.45) is 5.34. The summed E-state index contributed by atoms with van der Waals surface area (Å²) < 4.78 is 5.34. The Kier molecular flexibility index (Phi) is 4.75. The van der Waals surface area contributed by atoms with Crippen molar-refractivity contribution in [3.63, 3.8) is 0 Å². The van der Waals surface area contributed by atoms with Crippen molar-refractivity contribution in [2.75, 3.05) is 12.9 Å². The Morgan fingerprint density at radius 3 is 2.76 bits per heavy atom. The fourth-order valence-electron chi connectivity index (χ4n) is 2.45. The lowest BCUT2D eigenvalue weighted by atomic mass is 10.0. The van der Waals surface area contributed by atoms with Gasteiger partial charge in [0.15, 0.2) is 0 Å². The van der Waals surface area contributed by atoms with Gasteiger partial charge in [-0.1, -0.05) is 25.0 Å². The third-order valence-corrected chi connectivity index (χ3v) is 4.71. The van der Waals surface area contributed by atoms with Gasteiger partial charge in [-0.15, -0.1) is 11.8 Å². The SMILES string of the molecule is COc1ccccc1SCC(N)C1CCCC1. The molecule has 1 aliphatic rings. The first-order valence-corrected chi connectivity index (χ1v) is 7.31. The minimum Gasteiger partial charge on any atom is -0.496 e. The molecule has 0 heterocycles. The molecule has 0 bridgehead atoms. The first-order valence-electron chi connectivity index (χ1n) is 6.32. The quantitative estimate of drug-likeness (QED) is 0.815. The molecule has 1 aromatic rings. The van der Waals surface area contributed by atoms with Crippen LogP contribution in [0.3, 0.4) is 0 Å². The van der Waals surface area contributed by atoms with Crippen molar-refractivity contribution >= 4 is 11.8 Å². The number of rotatable bonds is 5. The Morgan fingerprint density at radius 2 is 2.06 bits per heavy atom. The van der Waals surface area contributed by atoms with Gasteiger partial charge in [-0.3, -0.25) is 0 Å². The predicted molar refractivity (Wildman–Crippen MR) is 73.7 cm³/mol. The van der Waals surface area contributed by atoms with Crippen molar-refractivity contribution in [2.45, 2.75) is 36.6 Å². The molecule has 0 amide bonds. The van der Waals surface area contributed by atoms with Gasteiger partial charge in [0.25, 0.3) is 0 Å². The molecule has 1 aromatic carbocycles. The van der Waals surface area contributed by atoms with Crippen LogP contribution >= 0.6 is 11.8 Å². The number of benzene rings is 1. The lowest BCUT2D eigenvalue weighted by molar-refractivity contribution is 0.404. The van der Waals surface area contributed by atoms with Gasteiger partial charge in [0.2, 0.25) is 0 Å². The Bertz CT molecular complexity index is 350. The molecule has 0 aromatic heterocycles. The van der Waals surface area contributed by atoms with Crippen LogP contribution in [-0.4, -0.2) is 18.9 Å². The zero-order valence-electron chi connectivity index (χ0n) is 10.4. The monoisotopic (exact) mass is 251 g/mol. The molecule has 1 fully saturated rings. The van der Waals surface area contributed by atoms with E-state index in [4.69, 9.17) is 10.5 Å². The van der Waals surface area contributed by atoms with Gasteiger partial charge in [0.05, 0.1) is 7.11 Å². The topological polar surface area (TPSA) is 35.2 Å². The van der Waals surface area contributed by atoms with Gasteiger partial charge in [0, 0.05) is 16.7 Å². The molecule has 1 atom stereocenters. The Hall–Kier alpha value is -0.670. The summed E-state index contributed by atoms with van der Waals surface area (Å²) in [5.74, 6) is 2.68. The normalized spacial score (nSPS) is 18.2. The molecule has 1 saturated carbocycles. The maximum atomic E-state index is 6.26. The van der Waals surface area contributed by atoms with E-state index in [0.29, 0.717) is 6.04 Å². The van der Waals surface area contributed by atoms with E-state index in [-0.39, 0.29) is 0 Å². The summed E-state index contributed by atoms with van der Waals surface area (Å²) in [5, 5.41) is 0. The van der Waals surface area contributed by atoms with Gasteiger partial charge in [0.1, 0.15) is 5.75 Å². The highest BCUT2D eigenvalue weighted by atomic mass is 32.2.